The molecule has 0 heterocycles. The number of aryl methyl sites for hydroxylation is 2. The Kier molecular flexibility index (Phi) is 4.57. The molecule has 0 spiro atoms. The number of rotatable bonds is 4. The van der Waals surface area contributed by atoms with E-state index in [-0.39, 0.29) is 12.5 Å². The molecule has 4 heteroatoms. The van der Waals surface area contributed by atoms with Gasteiger partial charge in [-0.3, -0.25) is 4.79 Å². The summed E-state index contributed by atoms with van der Waals surface area (Å²) in [4.78, 5) is 12.5. The topological polar surface area (TPSA) is 62.1 Å². The SMILES string of the molecule is Cc1cccc(C)c1C(=O)Nc1ccccc1OCC#N. The van der Waals surface area contributed by atoms with E-state index in [1.807, 2.05) is 38.1 Å². The molecule has 2 rings (SSSR count). The van der Waals surface area contributed by atoms with Gasteiger partial charge < -0.3 is 10.1 Å². The summed E-state index contributed by atoms with van der Waals surface area (Å²) < 4.78 is 5.31. The number of carbonyl (C=O) groups excluding carboxylic acids is 1. The third-order valence-electron chi connectivity index (χ3n) is 3.14. The Labute approximate surface area is 124 Å². The summed E-state index contributed by atoms with van der Waals surface area (Å²) in [7, 11) is 0. The van der Waals surface area contributed by atoms with Gasteiger partial charge in [0.1, 0.15) is 11.8 Å². The van der Waals surface area contributed by atoms with E-state index in [0.29, 0.717) is 17.0 Å². The molecule has 0 unspecified atom stereocenters. The summed E-state index contributed by atoms with van der Waals surface area (Å²) in [5.41, 5.74) is 3.05. The van der Waals surface area contributed by atoms with E-state index in [9.17, 15) is 4.79 Å². The summed E-state index contributed by atoms with van der Waals surface area (Å²) >= 11 is 0. The predicted octanol–water partition coefficient (Wildman–Crippen LogP) is 3.46. The van der Waals surface area contributed by atoms with Crippen molar-refractivity contribution in [3.8, 4) is 11.8 Å². The zero-order valence-corrected chi connectivity index (χ0v) is 12.0. The van der Waals surface area contributed by atoms with Crippen LogP contribution in [-0.4, -0.2) is 12.5 Å². The zero-order chi connectivity index (χ0) is 15.2. The molecule has 1 N–H and O–H groups in total. The molecule has 0 fully saturated rings. The molecule has 0 saturated heterocycles. The van der Waals surface area contributed by atoms with Gasteiger partial charge in [-0.25, -0.2) is 0 Å². The molecular formula is C17H16N2O2. The number of nitrogens with zero attached hydrogens (tertiary/aromatic N) is 1. The van der Waals surface area contributed by atoms with Crippen LogP contribution in [0.1, 0.15) is 21.5 Å². The molecule has 0 bridgehead atoms. The fraction of sp³-hybridized carbons (Fsp3) is 0.176. The predicted molar refractivity (Wildman–Crippen MR) is 81.4 cm³/mol. The molecule has 0 radical (unpaired) electrons. The Balaban J connectivity index is 2.26. The number of benzene rings is 2. The quantitative estimate of drug-likeness (QED) is 0.932. The van der Waals surface area contributed by atoms with Gasteiger partial charge in [0.05, 0.1) is 5.69 Å². The van der Waals surface area contributed by atoms with Gasteiger partial charge in [-0.15, -0.1) is 0 Å². The fourth-order valence-electron chi connectivity index (χ4n) is 2.16. The van der Waals surface area contributed by atoms with Gasteiger partial charge in [-0.1, -0.05) is 30.3 Å². The number of carbonyl (C=O) groups is 1. The summed E-state index contributed by atoms with van der Waals surface area (Å²) in [6, 6.07) is 14.7. The number of para-hydroxylation sites is 2. The summed E-state index contributed by atoms with van der Waals surface area (Å²) in [5, 5.41) is 11.4. The van der Waals surface area contributed by atoms with E-state index < -0.39 is 0 Å². The number of amides is 1. The van der Waals surface area contributed by atoms with Crippen LogP contribution in [0.25, 0.3) is 0 Å². The van der Waals surface area contributed by atoms with E-state index in [2.05, 4.69) is 5.32 Å². The standard InChI is InChI=1S/C17H16N2O2/c1-12-6-5-7-13(2)16(12)17(20)19-14-8-3-4-9-15(14)21-11-10-18/h3-9H,11H2,1-2H3,(H,19,20). The van der Waals surface area contributed by atoms with Crippen molar-refractivity contribution < 1.29 is 9.53 Å². The highest BCUT2D eigenvalue weighted by atomic mass is 16.5. The van der Waals surface area contributed by atoms with Gasteiger partial charge in [-0.2, -0.15) is 5.26 Å². The lowest BCUT2D eigenvalue weighted by molar-refractivity contribution is 0.102. The van der Waals surface area contributed by atoms with E-state index in [1.165, 1.54) is 0 Å². The second-order valence-corrected chi connectivity index (χ2v) is 4.66. The average molecular weight is 280 g/mol. The van der Waals surface area contributed by atoms with Gasteiger partial charge in [0.2, 0.25) is 0 Å². The van der Waals surface area contributed by atoms with E-state index >= 15 is 0 Å². The monoisotopic (exact) mass is 280 g/mol. The molecule has 0 aliphatic rings. The second kappa shape index (κ2) is 6.58. The molecule has 0 atom stereocenters. The lowest BCUT2D eigenvalue weighted by Crippen LogP contribution is -2.15. The van der Waals surface area contributed by atoms with Crippen molar-refractivity contribution in [2.75, 3.05) is 11.9 Å². The first-order valence-corrected chi connectivity index (χ1v) is 6.60. The number of ether oxygens (including phenoxy) is 1. The number of hydrogen-bond acceptors (Lipinski definition) is 3. The molecule has 2 aromatic carbocycles. The molecule has 0 aliphatic carbocycles. The van der Waals surface area contributed by atoms with Crippen molar-refractivity contribution >= 4 is 11.6 Å². The van der Waals surface area contributed by atoms with Crippen LogP contribution in [0.2, 0.25) is 0 Å². The fourth-order valence-corrected chi connectivity index (χ4v) is 2.16. The van der Waals surface area contributed by atoms with Crippen LogP contribution < -0.4 is 10.1 Å². The maximum absolute atomic E-state index is 12.5. The molecular weight excluding hydrogens is 264 g/mol. The molecule has 0 aromatic heterocycles. The highest BCUT2D eigenvalue weighted by molar-refractivity contribution is 6.06. The molecule has 106 valence electrons. The number of hydrogen-bond donors (Lipinski definition) is 1. The maximum Gasteiger partial charge on any atom is 0.256 e. The van der Waals surface area contributed by atoms with Crippen LogP contribution in [-0.2, 0) is 0 Å². The normalized spacial score (nSPS) is 9.76. The first-order valence-electron chi connectivity index (χ1n) is 6.60. The van der Waals surface area contributed by atoms with Crippen LogP contribution in [0, 0.1) is 25.2 Å². The highest BCUT2D eigenvalue weighted by Crippen LogP contribution is 2.25. The number of nitriles is 1. The zero-order valence-electron chi connectivity index (χ0n) is 12.0. The molecule has 2 aromatic rings. The van der Waals surface area contributed by atoms with Crippen molar-refractivity contribution in [2.24, 2.45) is 0 Å². The van der Waals surface area contributed by atoms with Crippen LogP contribution >= 0.6 is 0 Å². The van der Waals surface area contributed by atoms with Gasteiger partial charge in [0.25, 0.3) is 5.91 Å². The third-order valence-corrected chi connectivity index (χ3v) is 3.14. The molecule has 0 saturated carbocycles. The minimum atomic E-state index is -0.182. The molecule has 1 amide bonds. The van der Waals surface area contributed by atoms with Crippen LogP contribution in [0.5, 0.6) is 5.75 Å². The second-order valence-electron chi connectivity index (χ2n) is 4.66. The van der Waals surface area contributed by atoms with Crippen molar-refractivity contribution in [3.63, 3.8) is 0 Å². The highest BCUT2D eigenvalue weighted by Gasteiger charge is 2.14. The van der Waals surface area contributed by atoms with E-state index in [4.69, 9.17) is 10.00 Å². The largest absolute Gasteiger partial charge is 0.477 e. The summed E-state index contributed by atoms with van der Waals surface area (Å²) in [6.07, 6.45) is 0. The van der Waals surface area contributed by atoms with Crippen molar-refractivity contribution in [1.82, 2.24) is 0 Å². The minimum absolute atomic E-state index is 0.0592. The van der Waals surface area contributed by atoms with Crippen LogP contribution in [0.15, 0.2) is 42.5 Å². The van der Waals surface area contributed by atoms with Crippen molar-refractivity contribution in [2.45, 2.75) is 13.8 Å². The Hall–Kier alpha value is -2.80. The molecule has 0 aliphatic heterocycles. The third kappa shape index (κ3) is 3.40. The van der Waals surface area contributed by atoms with Crippen molar-refractivity contribution in [1.29, 1.82) is 5.26 Å². The lowest BCUT2D eigenvalue weighted by atomic mass is 10.0. The smallest absolute Gasteiger partial charge is 0.256 e. The van der Waals surface area contributed by atoms with Crippen LogP contribution in [0.4, 0.5) is 5.69 Å². The Morgan fingerprint density at radius 3 is 2.48 bits per heavy atom. The summed E-state index contributed by atoms with van der Waals surface area (Å²) in [6.45, 7) is 3.75. The Morgan fingerprint density at radius 1 is 1.14 bits per heavy atom. The average Bonchev–Trinajstić information content (AvgIpc) is 2.46. The van der Waals surface area contributed by atoms with E-state index in [1.54, 1.807) is 24.3 Å². The lowest BCUT2D eigenvalue weighted by Gasteiger charge is -2.13. The van der Waals surface area contributed by atoms with Gasteiger partial charge in [0.15, 0.2) is 6.61 Å². The van der Waals surface area contributed by atoms with Gasteiger partial charge in [-0.05, 0) is 37.1 Å². The first kappa shape index (κ1) is 14.6. The Morgan fingerprint density at radius 2 is 1.81 bits per heavy atom. The van der Waals surface area contributed by atoms with Gasteiger partial charge >= 0.3 is 0 Å². The molecule has 4 nitrogen and oxygen atoms in total. The molecule has 21 heavy (non-hydrogen) atoms. The maximum atomic E-state index is 12.5. The summed E-state index contributed by atoms with van der Waals surface area (Å²) in [5.74, 6) is 0.303. The Bertz CT molecular complexity index is 682. The van der Waals surface area contributed by atoms with Crippen LogP contribution in [0.3, 0.4) is 0 Å². The van der Waals surface area contributed by atoms with Gasteiger partial charge in [0, 0.05) is 5.56 Å². The number of anilines is 1. The van der Waals surface area contributed by atoms with E-state index in [0.717, 1.165) is 11.1 Å². The number of nitrogens with one attached hydrogen (secondary N) is 1. The van der Waals surface area contributed by atoms with Crippen molar-refractivity contribution in [3.05, 3.63) is 59.2 Å². The minimum Gasteiger partial charge on any atom is -0.477 e. The first-order chi connectivity index (χ1) is 10.1.